The summed E-state index contributed by atoms with van der Waals surface area (Å²) in [7, 11) is -2.90. The Morgan fingerprint density at radius 1 is 0.368 bits per heavy atom. The van der Waals surface area contributed by atoms with Gasteiger partial charge in [0.15, 0.2) is 8.07 Å². The van der Waals surface area contributed by atoms with E-state index >= 15 is 0 Å². The summed E-state index contributed by atoms with van der Waals surface area (Å²) < 4.78 is 4.70. The molecule has 0 spiro atoms. The largest absolute Gasteiger partial charge is 0.309 e. The van der Waals surface area contributed by atoms with Crippen LogP contribution in [0.2, 0.25) is 0 Å². The molecule has 0 bridgehead atoms. The molecule has 57 heavy (non-hydrogen) atoms. The van der Waals surface area contributed by atoms with E-state index in [1.807, 2.05) is 0 Å². The molecule has 12 rings (SSSR count). The maximum Gasteiger partial charge on any atom is 0.235 e. The van der Waals surface area contributed by atoms with Crippen LogP contribution in [-0.2, 0) is 0 Å². The molecular formula is C52H34N4Si. The zero-order valence-corrected chi connectivity index (χ0v) is 31.9. The van der Waals surface area contributed by atoms with Crippen molar-refractivity contribution in [1.29, 1.82) is 0 Å². The molecule has 5 heteroatoms. The Bertz CT molecular complexity index is 3290. The van der Waals surface area contributed by atoms with Gasteiger partial charge in [-0.05, 0) is 52.0 Å². The van der Waals surface area contributed by atoms with Gasteiger partial charge < -0.3 is 4.57 Å². The van der Waals surface area contributed by atoms with Gasteiger partial charge in [-0.25, -0.2) is 9.97 Å². The molecule has 3 aromatic heterocycles. The first-order chi connectivity index (χ1) is 28.3. The van der Waals surface area contributed by atoms with E-state index in [-0.39, 0.29) is 0 Å². The molecule has 4 nitrogen and oxygen atoms in total. The average Bonchev–Trinajstić information content (AvgIpc) is 3.90. The lowest BCUT2D eigenvalue weighted by Crippen LogP contribution is -2.73. The zero-order chi connectivity index (χ0) is 37.5. The predicted octanol–water partition coefficient (Wildman–Crippen LogP) is 9.70. The summed E-state index contributed by atoms with van der Waals surface area (Å²) >= 11 is 0. The average molecular weight is 743 g/mol. The smallest absolute Gasteiger partial charge is 0.235 e. The van der Waals surface area contributed by atoms with Gasteiger partial charge in [0.05, 0.1) is 33.5 Å². The molecule has 266 valence electrons. The number of rotatable bonds is 5. The molecular weight excluding hydrogens is 709 g/mol. The van der Waals surface area contributed by atoms with Gasteiger partial charge in [0.25, 0.3) is 0 Å². The second-order valence-corrected chi connectivity index (χ2v) is 18.6. The Hall–Kier alpha value is -7.34. The van der Waals surface area contributed by atoms with E-state index in [1.54, 1.807) is 0 Å². The van der Waals surface area contributed by atoms with Gasteiger partial charge in [-0.2, -0.15) is 0 Å². The fourth-order valence-corrected chi connectivity index (χ4v) is 14.9. The lowest BCUT2D eigenvalue weighted by molar-refractivity contribution is 1.00. The molecule has 0 atom stereocenters. The fraction of sp³-hybridized carbons (Fsp3) is 0. The highest BCUT2D eigenvalue weighted by atomic mass is 28.3. The van der Waals surface area contributed by atoms with Crippen LogP contribution in [0.4, 0.5) is 0 Å². The molecule has 0 aliphatic carbocycles. The van der Waals surface area contributed by atoms with Crippen molar-refractivity contribution in [3.63, 3.8) is 0 Å². The van der Waals surface area contributed by atoms with E-state index in [1.165, 1.54) is 58.9 Å². The van der Waals surface area contributed by atoms with Gasteiger partial charge in [0.2, 0.25) is 5.95 Å². The van der Waals surface area contributed by atoms with Crippen molar-refractivity contribution in [2.45, 2.75) is 0 Å². The zero-order valence-electron chi connectivity index (χ0n) is 30.9. The molecule has 0 saturated heterocycles. The molecule has 1 aliphatic rings. The third kappa shape index (κ3) is 4.49. The van der Waals surface area contributed by atoms with Crippen LogP contribution in [0.1, 0.15) is 0 Å². The number of hydrogen-bond acceptors (Lipinski definition) is 2. The number of nitrogens with zero attached hydrogens (tertiary/aromatic N) is 4. The van der Waals surface area contributed by atoms with Crippen LogP contribution in [0, 0.1) is 0 Å². The van der Waals surface area contributed by atoms with Gasteiger partial charge in [-0.1, -0.05) is 170 Å². The van der Waals surface area contributed by atoms with E-state index < -0.39 is 8.07 Å². The number of fused-ring (bicyclic) bond motifs is 9. The third-order valence-electron chi connectivity index (χ3n) is 12.0. The van der Waals surface area contributed by atoms with Gasteiger partial charge in [0, 0.05) is 43.5 Å². The van der Waals surface area contributed by atoms with Gasteiger partial charge >= 0.3 is 0 Å². The number of aromatic nitrogens is 4. The summed E-state index contributed by atoms with van der Waals surface area (Å²) in [5, 5.41) is 9.98. The van der Waals surface area contributed by atoms with Gasteiger partial charge in [-0.15, -0.1) is 0 Å². The molecule has 1 aliphatic heterocycles. The van der Waals surface area contributed by atoms with Crippen molar-refractivity contribution in [2.24, 2.45) is 0 Å². The highest BCUT2D eigenvalue weighted by Gasteiger charge is 2.51. The SMILES string of the molecule is c1ccc(-c2nc(-n3c4ccccc4c4cc5c(cc43)c3ccccc3n5-c3ccccc3)nc3c2[Si](c2ccccc2)(c2ccccc2)c2ccccc2-3)cc1. The first kappa shape index (κ1) is 32.0. The van der Waals surface area contributed by atoms with Crippen molar-refractivity contribution in [3.05, 3.63) is 206 Å². The van der Waals surface area contributed by atoms with Crippen molar-refractivity contribution < 1.29 is 0 Å². The Kier molecular flexibility index (Phi) is 6.91. The third-order valence-corrected chi connectivity index (χ3v) is 16.9. The van der Waals surface area contributed by atoms with Crippen molar-refractivity contribution in [2.75, 3.05) is 0 Å². The standard InChI is InChI=1S/C52H34N4Si/c1-5-19-35(20-6-1)49-51-50(41-29-15-18-32-48(41)57(51,37-23-9-3-10-24-37)38-25-11-4-12-26-38)54-52(53-49)56-45-31-17-14-28-40(45)43-33-46-42(34-47(43)56)39-27-13-16-30-44(39)55(46)36-21-7-2-8-22-36/h1-34H. The van der Waals surface area contributed by atoms with Gasteiger partial charge in [0.1, 0.15) is 0 Å². The summed E-state index contributed by atoms with van der Waals surface area (Å²) in [5.41, 5.74) is 9.93. The minimum Gasteiger partial charge on any atom is -0.309 e. The second kappa shape index (κ2) is 12.3. The second-order valence-electron chi connectivity index (χ2n) is 14.9. The molecule has 0 amide bonds. The number of hydrogen-bond donors (Lipinski definition) is 0. The molecule has 0 radical (unpaired) electrons. The topological polar surface area (TPSA) is 35.6 Å². The molecule has 0 N–H and O–H groups in total. The molecule has 0 unspecified atom stereocenters. The van der Waals surface area contributed by atoms with E-state index in [0.717, 1.165) is 33.7 Å². The van der Waals surface area contributed by atoms with Crippen LogP contribution in [0.25, 0.3) is 77.8 Å². The maximum atomic E-state index is 5.76. The quantitative estimate of drug-likeness (QED) is 0.165. The molecule has 11 aromatic rings. The summed E-state index contributed by atoms with van der Waals surface area (Å²) in [5.74, 6) is 0.672. The van der Waals surface area contributed by atoms with Gasteiger partial charge in [-0.3, -0.25) is 4.57 Å². The minimum absolute atomic E-state index is 0.672. The first-order valence-corrected chi connectivity index (χ1v) is 21.5. The fourth-order valence-electron chi connectivity index (χ4n) is 9.70. The maximum absolute atomic E-state index is 5.76. The highest BCUT2D eigenvalue weighted by Crippen LogP contribution is 2.40. The monoisotopic (exact) mass is 742 g/mol. The first-order valence-electron chi connectivity index (χ1n) is 19.5. The van der Waals surface area contributed by atoms with Crippen molar-refractivity contribution >= 4 is 72.4 Å². The Balaban J connectivity index is 1.23. The van der Waals surface area contributed by atoms with Crippen LogP contribution in [0.3, 0.4) is 0 Å². The molecule has 4 heterocycles. The molecule has 8 aromatic carbocycles. The predicted molar refractivity (Wildman–Crippen MR) is 239 cm³/mol. The molecule has 0 fully saturated rings. The van der Waals surface area contributed by atoms with Crippen molar-refractivity contribution in [3.8, 4) is 34.2 Å². The summed E-state index contributed by atoms with van der Waals surface area (Å²) in [6, 6.07) is 74.8. The van der Waals surface area contributed by atoms with Crippen LogP contribution in [0.15, 0.2) is 206 Å². The lowest BCUT2D eigenvalue weighted by atomic mass is 10.1. The summed E-state index contributed by atoms with van der Waals surface area (Å²) in [6.07, 6.45) is 0. The van der Waals surface area contributed by atoms with E-state index in [0.29, 0.717) is 5.95 Å². The number of para-hydroxylation sites is 3. The van der Waals surface area contributed by atoms with Crippen LogP contribution in [0.5, 0.6) is 0 Å². The van der Waals surface area contributed by atoms with E-state index in [2.05, 4.69) is 215 Å². The Morgan fingerprint density at radius 3 is 1.47 bits per heavy atom. The van der Waals surface area contributed by atoms with E-state index in [4.69, 9.17) is 9.97 Å². The van der Waals surface area contributed by atoms with E-state index in [9.17, 15) is 0 Å². The van der Waals surface area contributed by atoms with Crippen LogP contribution >= 0.6 is 0 Å². The Morgan fingerprint density at radius 2 is 0.842 bits per heavy atom. The summed E-state index contributed by atoms with van der Waals surface area (Å²) in [4.78, 5) is 11.5. The van der Waals surface area contributed by atoms with Crippen molar-refractivity contribution in [1.82, 2.24) is 19.1 Å². The number of benzene rings is 8. The summed E-state index contributed by atoms with van der Waals surface area (Å²) in [6.45, 7) is 0. The highest BCUT2D eigenvalue weighted by molar-refractivity contribution is 7.22. The lowest BCUT2D eigenvalue weighted by Gasteiger charge is -2.32. The minimum atomic E-state index is -2.90. The Labute approximate surface area is 330 Å². The van der Waals surface area contributed by atoms with Crippen LogP contribution < -0.4 is 20.7 Å². The normalized spacial score (nSPS) is 13.1. The molecule has 0 saturated carbocycles. The van der Waals surface area contributed by atoms with Crippen LogP contribution in [-0.4, -0.2) is 27.2 Å².